The van der Waals surface area contributed by atoms with Gasteiger partial charge >= 0.3 is 5.97 Å². The van der Waals surface area contributed by atoms with Gasteiger partial charge in [-0.05, 0) is 25.7 Å². The van der Waals surface area contributed by atoms with Gasteiger partial charge in [0.2, 0.25) is 5.91 Å². The van der Waals surface area contributed by atoms with Crippen molar-refractivity contribution < 1.29 is 19.8 Å². The van der Waals surface area contributed by atoms with Crippen molar-refractivity contribution in [2.75, 3.05) is 6.54 Å². The van der Waals surface area contributed by atoms with Crippen molar-refractivity contribution in [1.82, 2.24) is 5.32 Å². The van der Waals surface area contributed by atoms with E-state index in [4.69, 9.17) is 0 Å². The van der Waals surface area contributed by atoms with Crippen LogP contribution in [0.15, 0.2) is 0 Å². The molecule has 2 rings (SSSR count). The lowest BCUT2D eigenvalue weighted by molar-refractivity contribution is -0.151. The van der Waals surface area contributed by atoms with E-state index in [9.17, 15) is 19.8 Å². The van der Waals surface area contributed by atoms with E-state index in [2.05, 4.69) is 5.32 Å². The zero-order valence-corrected chi connectivity index (χ0v) is 11.9. The van der Waals surface area contributed by atoms with Crippen molar-refractivity contribution in [3.63, 3.8) is 0 Å². The van der Waals surface area contributed by atoms with Gasteiger partial charge in [-0.15, -0.1) is 0 Å². The molecule has 2 aliphatic rings. The molecule has 1 amide bonds. The lowest BCUT2D eigenvalue weighted by atomic mass is 9.82. The number of rotatable bonds is 5. The van der Waals surface area contributed by atoms with Crippen LogP contribution in [0.5, 0.6) is 0 Å². The summed E-state index contributed by atoms with van der Waals surface area (Å²) in [6.07, 6.45) is 6.61. The van der Waals surface area contributed by atoms with E-state index in [0.29, 0.717) is 19.4 Å². The highest BCUT2D eigenvalue weighted by Crippen LogP contribution is 2.41. The number of aliphatic hydroxyl groups excluding tert-OH is 1. The van der Waals surface area contributed by atoms with Crippen LogP contribution in [0.3, 0.4) is 0 Å². The molecule has 0 heterocycles. The maximum atomic E-state index is 12.0. The second-order valence-corrected chi connectivity index (χ2v) is 6.39. The van der Waals surface area contributed by atoms with Crippen molar-refractivity contribution in [3.05, 3.63) is 0 Å². The smallest absolute Gasteiger partial charge is 0.310 e. The summed E-state index contributed by atoms with van der Waals surface area (Å²) >= 11 is 0. The van der Waals surface area contributed by atoms with Gasteiger partial charge < -0.3 is 15.5 Å². The number of carbonyl (C=O) groups excluding carboxylic acids is 1. The molecule has 0 bridgehead atoms. The SMILES string of the molecule is O=C(CC1(C(=O)O)CCCC1)NCC1CCCCC1O. The van der Waals surface area contributed by atoms with Gasteiger partial charge in [0.05, 0.1) is 11.5 Å². The second-order valence-electron chi connectivity index (χ2n) is 6.39. The summed E-state index contributed by atoms with van der Waals surface area (Å²) in [7, 11) is 0. The van der Waals surface area contributed by atoms with Crippen molar-refractivity contribution in [2.24, 2.45) is 11.3 Å². The van der Waals surface area contributed by atoms with Crippen molar-refractivity contribution in [2.45, 2.75) is 63.9 Å². The molecule has 3 N–H and O–H groups in total. The van der Waals surface area contributed by atoms with Gasteiger partial charge in [0, 0.05) is 18.9 Å². The molecule has 0 aromatic heterocycles. The minimum Gasteiger partial charge on any atom is -0.481 e. The van der Waals surface area contributed by atoms with Crippen LogP contribution in [0, 0.1) is 11.3 Å². The van der Waals surface area contributed by atoms with Gasteiger partial charge in [-0.3, -0.25) is 9.59 Å². The highest BCUT2D eigenvalue weighted by Gasteiger charge is 2.43. The van der Waals surface area contributed by atoms with Gasteiger partial charge in [-0.25, -0.2) is 0 Å². The Balaban J connectivity index is 1.81. The van der Waals surface area contributed by atoms with Gasteiger partial charge in [-0.1, -0.05) is 25.7 Å². The molecule has 2 saturated carbocycles. The topological polar surface area (TPSA) is 86.6 Å². The van der Waals surface area contributed by atoms with E-state index >= 15 is 0 Å². The van der Waals surface area contributed by atoms with E-state index < -0.39 is 11.4 Å². The standard InChI is InChI=1S/C15H25NO4/c17-12-6-2-1-5-11(12)10-16-13(18)9-15(14(19)20)7-3-4-8-15/h11-12,17H,1-10H2,(H,16,18)(H,19,20). The Hall–Kier alpha value is -1.10. The van der Waals surface area contributed by atoms with Crippen LogP contribution in [0.1, 0.15) is 57.8 Å². The fourth-order valence-corrected chi connectivity index (χ4v) is 3.56. The molecule has 0 radical (unpaired) electrons. The molecular formula is C15H25NO4. The van der Waals surface area contributed by atoms with E-state index in [0.717, 1.165) is 38.5 Å². The molecule has 5 nitrogen and oxygen atoms in total. The summed E-state index contributed by atoms with van der Waals surface area (Å²) < 4.78 is 0. The lowest BCUT2D eigenvalue weighted by Crippen LogP contribution is -2.40. The molecule has 0 saturated heterocycles. The third kappa shape index (κ3) is 3.51. The molecule has 0 aliphatic heterocycles. The van der Waals surface area contributed by atoms with E-state index in [1.807, 2.05) is 0 Å². The highest BCUT2D eigenvalue weighted by molar-refractivity contribution is 5.85. The maximum absolute atomic E-state index is 12.0. The largest absolute Gasteiger partial charge is 0.481 e. The summed E-state index contributed by atoms with van der Waals surface area (Å²) in [5.74, 6) is -0.910. The Bertz CT molecular complexity index is 363. The average Bonchev–Trinajstić information content (AvgIpc) is 2.88. The zero-order chi connectivity index (χ0) is 14.6. The predicted octanol–water partition coefficient (Wildman–Crippen LogP) is 1.69. The fraction of sp³-hybridized carbons (Fsp3) is 0.867. The Morgan fingerprint density at radius 1 is 1.10 bits per heavy atom. The molecule has 20 heavy (non-hydrogen) atoms. The predicted molar refractivity (Wildman–Crippen MR) is 74.1 cm³/mol. The molecule has 2 atom stereocenters. The van der Waals surface area contributed by atoms with Crippen LogP contribution in [-0.2, 0) is 9.59 Å². The number of carboxylic acid groups (broad SMARTS) is 1. The van der Waals surface area contributed by atoms with Crippen LogP contribution >= 0.6 is 0 Å². The van der Waals surface area contributed by atoms with Crippen LogP contribution in [0.2, 0.25) is 0 Å². The minimum absolute atomic E-state index is 0.0746. The minimum atomic E-state index is -0.852. The summed E-state index contributed by atoms with van der Waals surface area (Å²) in [5.41, 5.74) is -0.852. The molecule has 2 fully saturated rings. The summed E-state index contributed by atoms with van der Waals surface area (Å²) in [4.78, 5) is 23.4. The molecule has 0 spiro atoms. The van der Waals surface area contributed by atoms with Crippen LogP contribution in [0.25, 0.3) is 0 Å². The number of aliphatic hydroxyl groups is 1. The van der Waals surface area contributed by atoms with E-state index in [1.165, 1.54) is 0 Å². The maximum Gasteiger partial charge on any atom is 0.310 e. The zero-order valence-electron chi connectivity index (χ0n) is 11.9. The van der Waals surface area contributed by atoms with Crippen LogP contribution < -0.4 is 5.32 Å². The first-order chi connectivity index (χ1) is 9.53. The number of nitrogens with one attached hydrogen (secondary N) is 1. The molecule has 5 heteroatoms. The molecule has 114 valence electrons. The fourth-order valence-electron chi connectivity index (χ4n) is 3.56. The van der Waals surface area contributed by atoms with Crippen molar-refractivity contribution >= 4 is 11.9 Å². The quantitative estimate of drug-likeness (QED) is 0.716. The molecule has 2 unspecified atom stereocenters. The first-order valence-electron chi connectivity index (χ1n) is 7.72. The van der Waals surface area contributed by atoms with E-state index in [-0.39, 0.29) is 24.3 Å². The van der Waals surface area contributed by atoms with Crippen LogP contribution in [-0.4, -0.2) is 34.7 Å². The van der Waals surface area contributed by atoms with Gasteiger partial charge in [0.25, 0.3) is 0 Å². The van der Waals surface area contributed by atoms with Gasteiger partial charge in [0.1, 0.15) is 0 Å². The lowest BCUT2D eigenvalue weighted by Gasteiger charge is -2.28. The molecule has 0 aromatic carbocycles. The number of carbonyl (C=O) groups is 2. The number of amides is 1. The van der Waals surface area contributed by atoms with Crippen molar-refractivity contribution in [3.8, 4) is 0 Å². The third-order valence-electron chi connectivity index (χ3n) is 4.94. The molecular weight excluding hydrogens is 258 g/mol. The van der Waals surface area contributed by atoms with Gasteiger partial charge in [-0.2, -0.15) is 0 Å². The van der Waals surface area contributed by atoms with Crippen LogP contribution in [0.4, 0.5) is 0 Å². The molecule has 2 aliphatic carbocycles. The van der Waals surface area contributed by atoms with E-state index in [1.54, 1.807) is 0 Å². The average molecular weight is 283 g/mol. The summed E-state index contributed by atoms with van der Waals surface area (Å²) in [6.45, 7) is 0.468. The Labute approximate surface area is 119 Å². The monoisotopic (exact) mass is 283 g/mol. The number of hydrogen-bond donors (Lipinski definition) is 3. The first kappa shape index (κ1) is 15.3. The normalized spacial score (nSPS) is 29.1. The second kappa shape index (κ2) is 6.57. The summed E-state index contributed by atoms with van der Waals surface area (Å²) in [5, 5.41) is 22.0. The highest BCUT2D eigenvalue weighted by atomic mass is 16.4. The Kier molecular flexibility index (Phi) is 5.02. The Morgan fingerprint density at radius 2 is 1.75 bits per heavy atom. The number of carboxylic acids is 1. The number of aliphatic carboxylic acids is 1. The first-order valence-corrected chi connectivity index (χ1v) is 7.72. The summed E-state index contributed by atoms with van der Waals surface area (Å²) in [6, 6.07) is 0. The van der Waals surface area contributed by atoms with Gasteiger partial charge in [0.15, 0.2) is 0 Å². The number of hydrogen-bond acceptors (Lipinski definition) is 3. The molecule has 0 aromatic rings. The Morgan fingerprint density at radius 3 is 2.35 bits per heavy atom. The third-order valence-corrected chi connectivity index (χ3v) is 4.94. The van der Waals surface area contributed by atoms with Crippen molar-refractivity contribution in [1.29, 1.82) is 0 Å².